The summed E-state index contributed by atoms with van der Waals surface area (Å²) in [5, 5.41) is 7.42. The normalized spacial score (nSPS) is 24.5. The molecule has 3 N–H and O–H groups in total. The lowest BCUT2D eigenvalue weighted by molar-refractivity contribution is -0.134. The zero-order chi connectivity index (χ0) is 11.0. The summed E-state index contributed by atoms with van der Waals surface area (Å²) in [6.07, 6.45) is 7.05. The molecule has 0 bridgehead atoms. The second-order valence-corrected chi connectivity index (χ2v) is 4.10. The van der Waals surface area contributed by atoms with Crippen LogP contribution >= 0.6 is 0 Å². The summed E-state index contributed by atoms with van der Waals surface area (Å²) in [6.45, 7) is 4.27. The number of hydrogen-bond acceptors (Lipinski definition) is 2. The molecule has 0 aromatic rings. The van der Waals surface area contributed by atoms with Gasteiger partial charge >= 0.3 is 0 Å². The number of rotatable bonds is 4. The highest BCUT2D eigenvalue weighted by Crippen LogP contribution is 2.36. The van der Waals surface area contributed by atoms with Crippen LogP contribution in [-0.2, 0) is 4.79 Å². The summed E-state index contributed by atoms with van der Waals surface area (Å²) in [5.41, 5.74) is 5.52. The first-order chi connectivity index (χ1) is 6.60. The highest BCUT2D eigenvalue weighted by atomic mass is 16.4. The van der Waals surface area contributed by atoms with Gasteiger partial charge in [0.15, 0.2) is 0 Å². The zero-order valence-electron chi connectivity index (χ0n) is 9.33. The molecule has 1 aliphatic rings. The van der Waals surface area contributed by atoms with Gasteiger partial charge in [-0.3, -0.25) is 4.79 Å². The average Bonchev–Trinajstić information content (AvgIpc) is 2.01. The molecule has 3 heteroatoms. The summed E-state index contributed by atoms with van der Waals surface area (Å²) in [4.78, 5) is 9.00. The van der Waals surface area contributed by atoms with Gasteiger partial charge in [0, 0.05) is 6.92 Å². The fraction of sp³-hybridized carbons (Fsp3) is 0.909. The number of carbonyl (C=O) groups is 1. The van der Waals surface area contributed by atoms with E-state index in [1.807, 2.05) is 0 Å². The summed E-state index contributed by atoms with van der Waals surface area (Å²) < 4.78 is 0. The molecule has 14 heavy (non-hydrogen) atoms. The number of carboxylic acids is 1. The second-order valence-electron chi connectivity index (χ2n) is 4.10. The van der Waals surface area contributed by atoms with Gasteiger partial charge in [0.2, 0.25) is 0 Å². The van der Waals surface area contributed by atoms with Crippen LogP contribution < -0.4 is 5.73 Å². The van der Waals surface area contributed by atoms with Crippen LogP contribution in [0.15, 0.2) is 0 Å². The molecular weight excluding hydrogens is 178 g/mol. The Kier molecular flexibility index (Phi) is 7.48. The molecule has 1 fully saturated rings. The molecule has 1 saturated carbocycles. The van der Waals surface area contributed by atoms with Crippen LogP contribution in [0.3, 0.4) is 0 Å². The van der Waals surface area contributed by atoms with Crippen molar-refractivity contribution in [1.82, 2.24) is 0 Å². The molecule has 0 aromatic carbocycles. The van der Waals surface area contributed by atoms with E-state index < -0.39 is 5.97 Å². The van der Waals surface area contributed by atoms with Gasteiger partial charge in [-0.25, -0.2) is 0 Å². The van der Waals surface area contributed by atoms with Crippen molar-refractivity contribution in [3.63, 3.8) is 0 Å². The quantitative estimate of drug-likeness (QED) is 0.733. The van der Waals surface area contributed by atoms with Gasteiger partial charge in [0.05, 0.1) is 0 Å². The van der Waals surface area contributed by atoms with Crippen LogP contribution in [0.25, 0.3) is 0 Å². The van der Waals surface area contributed by atoms with Crippen molar-refractivity contribution in [1.29, 1.82) is 0 Å². The van der Waals surface area contributed by atoms with Crippen molar-refractivity contribution in [2.45, 2.75) is 46.0 Å². The predicted molar refractivity (Wildman–Crippen MR) is 58.1 cm³/mol. The van der Waals surface area contributed by atoms with E-state index in [4.69, 9.17) is 15.6 Å². The maximum atomic E-state index is 9.00. The summed E-state index contributed by atoms with van der Waals surface area (Å²) >= 11 is 0. The number of hydrogen-bond donors (Lipinski definition) is 2. The van der Waals surface area contributed by atoms with E-state index in [9.17, 15) is 0 Å². The highest BCUT2D eigenvalue weighted by molar-refractivity contribution is 5.62. The SMILES string of the molecule is CC(=O)O.CCCCC1CC(CN)C1. The van der Waals surface area contributed by atoms with E-state index >= 15 is 0 Å². The monoisotopic (exact) mass is 201 g/mol. The lowest BCUT2D eigenvalue weighted by Gasteiger charge is -2.34. The largest absolute Gasteiger partial charge is 0.481 e. The number of unbranched alkanes of at least 4 members (excludes halogenated alkanes) is 1. The number of carboxylic acid groups (broad SMARTS) is 1. The molecule has 0 radical (unpaired) electrons. The minimum Gasteiger partial charge on any atom is -0.481 e. The maximum Gasteiger partial charge on any atom is 0.300 e. The van der Waals surface area contributed by atoms with Gasteiger partial charge in [0.1, 0.15) is 0 Å². The van der Waals surface area contributed by atoms with Crippen molar-refractivity contribution < 1.29 is 9.90 Å². The summed E-state index contributed by atoms with van der Waals surface area (Å²) in [5.74, 6) is 1.08. The molecule has 1 rings (SSSR count). The third kappa shape index (κ3) is 6.89. The first-order valence-electron chi connectivity index (χ1n) is 5.49. The van der Waals surface area contributed by atoms with Crippen molar-refractivity contribution >= 4 is 5.97 Å². The van der Waals surface area contributed by atoms with E-state index in [2.05, 4.69) is 6.92 Å². The summed E-state index contributed by atoms with van der Waals surface area (Å²) in [7, 11) is 0. The van der Waals surface area contributed by atoms with E-state index in [1.54, 1.807) is 0 Å². The topological polar surface area (TPSA) is 63.3 Å². The van der Waals surface area contributed by atoms with Gasteiger partial charge < -0.3 is 10.8 Å². The van der Waals surface area contributed by atoms with Crippen LogP contribution in [0.2, 0.25) is 0 Å². The van der Waals surface area contributed by atoms with Crippen molar-refractivity contribution in [2.75, 3.05) is 6.54 Å². The van der Waals surface area contributed by atoms with Crippen LogP contribution in [-0.4, -0.2) is 17.6 Å². The van der Waals surface area contributed by atoms with E-state index in [1.165, 1.54) is 32.1 Å². The minimum absolute atomic E-state index is 0.833. The first kappa shape index (κ1) is 13.4. The Morgan fingerprint density at radius 3 is 2.29 bits per heavy atom. The Labute approximate surface area is 86.7 Å². The number of aliphatic carboxylic acids is 1. The maximum absolute atomic E-state index is 9.00. The van der Waals surface area contributed by atoms with Crippen LogP contribution in [0.5, 0.6) is 0 Å². The molecule has 0 unspecified atom stereocenters. The Morgan fingerprint density at radius 2 is 1.93 bits per heavy atom. The molecule has 3 nitrogen and oxygen atoms in total. The Morgan fingerprint density at radius 1 is 1.43 bits per heavy atom. The van der Waals surface area contributed by atoms with E-state index in [-0.39, 0.29) is 0 Å². The van der Waals surface area contributed by atoms with Crippen LogP contribution in [0.4, 0.5) is 0 Å². The van der Waals surface area contributed by atoms with Crippen molar-refractivity contribution in [3.8, 4) is 0 Å². The van der Waals surface area contributed by atoms with Crippen LogP contribution in [0.1, 0.15) is 46.0 Å². The van der Waals surface area contributed by atoms with Gasteiger partial charge in [-0.1, -0.05) is 26.2 Å². The number of nitrogens with two attached hydrogens (primary N) is 1. The van der Waals surface area contributed by atoms with E-state index in [0.717, 1.165) is 25.3 Å². The fourth-order valence-electron chi connectivity index (χ4n) is 1.79. The third-order valence-corrected chi connectivity index (χ3v) is 2.63. The smallest absolute Gasteiger partial charge is 0.300 e. The molecule has 84 valence electrons. The Balaban J connectivity index is 0.000000364. The Bertz CT molecular complexity index is 147. The lowest BCUT2D eigenvalue weighted by atomic mass is 9.73. The van der Waals surface area contributed by atoms with Crippen molar-refractivity contribution in [3.05, 3.63) is 0 Å². The fourth-order valence-corrected chi connectivity index (χ4v) is 1.79. The zero-order valence-corrected chi connectivity index (χ0v) is 9.33. The summed E-state index contributed by atoms with van der Waals surface area (Å²) in [6, 6.07) is 0. The van der Waals surface area contributed by atoms with Gasteiger partial charge in [0.25, 0.3) is 5.97 Å². The molecule has 0 spiro atoms. The second kappa shape index (κ2) is 7.80. The first-order valence-corrected chi connectivity index (χ1v) is 5.49. The lowest BCUT2D eigenvalue weighted by Crippen LogP contribution is -2.29. The highest BCUT2D eigenvalue weighted by Gasteiger charge is 2.26. The average molecular weight is 201 g/mol. The van der Waals surface area contributed by atoms with Gasteiger partial charge in [-0.05, 0) is 31.2 Å². The van der Waals surface area contributed by atoms with Gasteiger partial charge in [-0.2, -0.15) is 0 Å². The molecule has 0 saturated heterocycles. The standard InChI is InChI=1S/C9H19N.C2H4O2/c1-2-3-4-8-5-9(6-8)7-10;1-2(3)4/h8-9H,2-7,10H2,1H3;1H3,(H,3,4). The third-order valence-electron chi connectivity index (χ3n) is 2.63. The predicted octanol–water partition coefficient (Wildman–Crippen LogP) is 2.25. The van der Waals surface area contributed by atoms with E-state index in [0.29, 0.717) is 0 Å². The molecule has 0 atom stereocenters. The van der Waals surface area contributed by atoms with Crippen LogP contribution in [0, 0.1) is 11.8 Å². The molecular formula is C11H23NO2. The molecule has 0 aliphatic heterocycles. The molecule has 1 aliphatic carbocycles. The van der Waals surface area contributed by atoms with Gasteiger partial charge in [-0.15, -0.1) is 0 Å². The molecule has 0 heterocycles. The van der Waals surface area contributed by atoms with Crippen molar-refractivity contribution in [2.24, 2.45) is 17.6 Å². The Hall–Kier alpha value is -0.570. The molecule has 0 amide bonds. The molecule has 0 aromatic heterocycles. The minimum atomic E-state index is -0.833.